The second-order valence-electron chi connectivity index (χ2n) is 9.80. The molecule has 2 heteroatoms. The Labute approximate surface area is 152 Å². The van der Waals surface area contributed by atoms with Gasteiger partial charge in [0, 0.05) is 5.41 Å². The molecule has 0 amide bonds. The van der Waals surface area contributed by atoms with Gasteiger partial charge in [-0.25, -0.2) is 0 Å². The lowest BCUT2D eigenvalue weighted by atomic mass is 9.42. The molecule has 2 nitrogen and oxygen atoms in total. The Morgan fingerprint density at radius 2 is 1.64 bits per heavy atom. The fourth-order valence-corrected chi connectivity index (χ4v) is 7.36. The average Bonchev–Trinajstić information content (AvgIpc) is 2.62. The van der Waals surface area contributed by atoms with E-state index in [0.29, 0.717) is 11.2 Å². The number of nitrogens with one attached hydrogen (secondary N) is 1. The Morgan fingerprint density at radius 3 is 2.32 bits per heavy atom. The number of quaternary nitrogens is 1. The van der Waals surface area contributed by atoms with Gasteiger partial charge < -0.3 is 4.90 Å². The predicted octanol–water partition coefficient (Wildman–Crippen LogP) is 3.16. The third-order valence-electron chi connectivity index (χ3n) is 8.01. The van der Waals surface area contributed by atoms with Gasteiger partial charge in [0.1, 0.15) is 6.54 Å². The van der Waals surface area contributed by atoms with Gasteiger partial charge in [0.2, 0.25) is 0 Å². The standard InChI is InChI=1S/C23H31NO/c25-21(16-24-9-5-2-6-10-24)23-14-18-11-19(15-23)13-22(12-18,17-23)20-7-3-1-4-8-20/h1,3-4,7-8,18-19H,2,5-6,9-17H2/p+1/t18-,19+,22?,23?. The topological polar surface area (TPSA) is 21.5 Å². The van der Waals surface area contributed by atoms with E-state index in [1.807, 2.05) is 0 Å². The maximum atomic E-state index is 13.5. The number of ketones is 1. The van der Waals surface area contributed by atoms with Gasteiger partial charge in [0.05, 0.1) is 13.1 Å². The highest BCUT2D eigenvalue weighted by molar-refractivity contribution is 5.86. The van der Waals surface area contributed by atoms with Crippen LogP contribution in [0.1, 0.15) is 63.4 Å². The minimum absolute atomic E-state index is 0.0182. The average molecular weight is 339 g/mol. The van der Waals surface area contributed by atoms with Crippen LogP contribution in [0.25, 0.3) is 0 Å². The summed E-state index contributed by atoms with van der Waals surface area (Å²) in [6, 6.07) is 11.2. The fourth-order valence-electron chi connectivity index (χ4n) is 7.36. The zero-order chi connectivity index (χ0) is 16.9. The van der Waals surface area contributed by atoms with Gasteiger partial charge in [-0.05, 0) is 80.6 Å². The lowest BCUT2D eigenvalue weighted by molar-refractivity contribution is -0.897. The Balaban J connectivity index is 1.43. The molecule has 134 valence electrons. The van der Waals surface area contributed by atoms with E-state index in [9.17, 15) is 4.79 Å². The number of hydrogen-bond donors (Lipinski definition) is 1. The van der Waals surface area contributed by atoms with Crippen LogP contribution < -0.4 is 4.90 Å². The van der Waals surface area contributed by atoms with E-state index in [2.05, 4.69) is 30.3 Å². The van der Waals surface area contributed by atoms with Crippen molar-refractivity contribution in [1.82, 2.24) is 0 Å². The molecule has 0 radical (unpaired) electrons. The van der Waals surface area contributed by atoms with Gasteiger partial charge in [-0.3, -0.25) is 4.79 Å². The molecule has 1 aromatic rings. The second kappa shape index (κ2) is 5.94. The van der Waals surface area contributed by atoms with E-state index in [1.54, 1.807) is 4.90 Å². The summed E-state index contributed by atoms with van der Waals surface area (Å²) in [5.41, 5.74) is 1.84. The quantitative estimate of drug-likeness (QED) is 0.895. The summed E-state index contributed by atoms with van der Waals surface area (Å²) in [4.78, 5) is 15.1. The van der Waals surface area contributed by atoms with Crippen LogP contribution in [0.4, 0.5) is 0 Å². The predicted molar refractivity (Wildman–Crippen MR) is 99.7 cm³/mol. The molecule has 1 aliphatic heterocycles. The van der Waals surface area contributed by atoms with Gasteiger partial charge >= 0.3 is 0 Å². The van der Waals surface area contributed by atoms with Crippen molar-refractivity contribution in [1.29, 1.82) is 0 Å². The van der Waals surface area contributed by atoms with E-state index in [-0.39, 0.29) is 5.41 Å². The third kappa shape index (κ3) is 2.68. The second-order valence-corrected chi connectivity index (χ2v) is 9.80. The van der Waals surface area contributed by atoms with Gasteiger partial charge in [0.25, 0.3) is 0 Å². The first kappa shape index (κ1) is 16.1. The molecule has 2 unspecified atom stereocenters. The Hall–Kier alpha value is -1.15. The van der Waals surface area contributed by atoms with Crippen molar-refractivity contribution in [3.8, 4) is 0 Å². The van der Waals surface area contributed by atoms with Crippen LogP contribution in [0.15, 0.2) is 30.3 Å². The molecule has 0 spiro atoms. The van der Waals surface area contributed by atoms with Gasteiger partial charge in [-0.2, -0.15) is 0 Å². The maximum absolute atomic E-state index is 13.5. The van der Waals surface area contributed by atoms with Crippen molar-refractivity contribution in [2.24, 2.45) is 17.3 Å². The highest BCUT2D eigenvalue weighted by atomic mass is 16.1. The highest BCUT2D eigenvalue weighted by Crippen LogP contribution is 2.65. The number of carbonyl (C=O) groups is 1. The van der Waals surface area contributed by atoms with Crippen molar-refractivity contribution < 1.29 is 9.69 Å². The van der Waals surface area contributed by atoms with Crippen LogP contribution in [-0.4, -0.2) is 25.4 Å². The summed E-state index contributed by atoms with van der Waals surface area (Å²) in [5, 5.41) is 0. The molecule has 1 heterocycles. The zero-order valence-electron chi connectivity index (χ0n) is 15.4. The molecular weight excluding hydrogens is 306 g/mol. The summed E-state index contributed by atoms with van der Waals surface area (Å²) in [5.74, 6) is 2.21. The monoisotopic (exact) mass is 338 g/mol. The number of piperidine rings is 1. The number of benzene rings is 1. The molecule has 1 N–H and O–H groups in total. The molecule has 4 bridgehead atoms. The van der Waals surface area contributed by atoms with E-state index in [0.717, 1.165) is 24.8 Å². The van der Waals surface area contributed by atoms with Crippen LogP contribution in [0.5, 0.6) is 0 Å². The van der Waals surface area contributed by atoms with Gasteiger partial charge in [0.15, 0.2) is 5.78 Å². The van der Waals surface area contributed by atoms with Gasteiger partial charge in [-0.15, -0.1) is 0 Å². The molecule has 25 heavy (non-hydrogen) atoms. The molecule has 6 rings (SSSR count). The zero-order valence-corrected chi connectivity index (χ0v) is 15.4. The summed E-state index contributed by atoms with van der Waals surface area (Å²) in [6.07, 6.45) is 11.6. The van der Waals surface area contributed by atoms with E-state index < -0.39 is 0 Å². The largest absolute Gasteiger partial charge is 0.329 e. The third-order valence-corrected chi connectivity index (χ3v) is 8.01. The molecule has 4 saturated carbocycles. The molecule has 4 aliphatic carbocycles. The molecule has 1 aromatic carbocycles. The van der Waals surface area contributed by atoms with Crippen LogP contribution in [0, 0.1) is 17.3 Å². The van der Waals surface area contributed by atoms with Crippen molar-refractivity contribution in [2.75, 3.05) is 19.6 Å². The Bertz CT molecular complexity index is 631. The number of hydrogen-bond acceptors (Lipinski definition) is 1. The number of likely N-dealkylation sites (tertiary alicyclic amines) is 1. The normalized spacial score (nSPS) is 40.3. The highest BCUT2D eigenvalue weighted by Gasteiger charge is 2.61. The van der Waals surface area contributed by atoms with Crippen molar-refractivity contribution in [3.05, 3.63) is 35.9 Å². The first-order valence-corrected chi connectivity index (χ1v) is 10.6. The van der Waals surface area contributed by atoms with Crippen LogP contribution in [0.2, 0.25) is 0 Å². The number of Topliss-reactive ketones (excluding diaryl/α,β-unsaturated/α-hetero) is 1. The molecule has 5 fully saturated rings. The molecule has 0 aromatic heterocycles. The summed E-state index contributed by atoms with van der Waals surface area (Å²) in [7, 11) is 0. The Kier molecular flexibility index (Phi) is 3.82. The molecule has 5 aliphatic rings. The van der Waals surface area contributed by atoms with Crippen molar-refractivity contribution >= 4 is 5.78 Å². The molecule has 4 atom stereocenters. The Morgan fingerprint density at radius 1 is 0.960 bits per heavy atom. The minimum Gasteiger partial charge on any atom is -0.329 e. The summed E-state index contributed by atoms with van der Waals surface area (Å²) < 4.78 is 0. The van der Waals surface area contributed by atoms with E-state index in [4.69, 9.17) is 0 Å². The fraction of sp³-hybridized carbons (Fsp3) is 0.696. The number of carbonyl (C=O) groups excluding carboxylic acids is 1. The lowest BCUT2D eigenvalue weighted by Gasteiger charge is -2.61. The molecular formula is C23H32NO+. The van der Waals surface area contributed by atoms with Crippen molar-refractivity contribution in [3.63, 3.8) is 0 Å². The smallest absolute Gasteiger partial charge is 0.192 e. The maximum Gasteiger partial charge on any atom is 0.192 e. The first-order valence-electron chi connectivity index (χ1n) is 10.6. The van der Waals surface area contributed by atoms with E-state index in [1.165, 1.54) is 70.0 Å². The first-order chi connectivity index (χ1) is 12.2. The summed E-state index contributed by atoms with van der Waals surface area (Å²) in [6.45, 7) is 3.25. The minimum atomic E-state index is 0.0182. The van der Waals surface area contributed by atoms with Crippen LogP contribution >= 0.6 is 0 Å². The summed E-state index contributed by atoms with van der Waals surface area (Å²) >= 11 is 0. The van der Waals surface area contributed by atoms with Gasteiger partial charge in [-0.1, -0.05) is 30.3 Å². The van der Waals surface area contributed by atoms with Crippen LogP contribution in [0.3, 0.4) is 0 Å². The molecule has 1 saturated heterocycles. The van der Waals surface area contributed by atoms with Crippen LogP contribution in [-0.2, 0) is 10.2 Å². The van der Waals surface area contributed by atoms with E-state index >= 15 is 0 Å². The van der Waals surface area contributed by atoms with Crippen molar-refractivity contribution in [2.45, 2.75) is 63.2 Å². The lowest BCUT2D eigenvalue weighted by Crippen LogP contribution is -3.13. The SMILES string of the molecule is O=C(C[NH+]1CCCCC1)C12C[C@H]3C[C@@H](C1)CC(c1ccccc1)(C3)C2. The number of rotatable bonds is 4.